The number of nitriles is 1. The zero-order chi connectivity index (χ0) is 18.8. The van der Waals surface area contributed by atoms with Crippen LogP contribution in [0, 0.1) is 11.3 Å². The monoisotopic (exact) mass is 361 g/mol. The molecule has 1 aliphatic heterocycles. The molecule has 0 aliphatic carbocycles. The molecule has 0 atom stereocenters. The first-order chi connectivity index (χ1) is 13.2. The van der Waals surface area contributed by atoms with Crippen LogP contribution in [0.2, 0.25) is 0 Å². The second-order valence-electron chi connectivity index (χ2n) is 5.89. The Labute approximate surface area is 154 Å². The predicted molar refractivity (Wildman–Crippen MR) is 95.4 cm³/mol. The van der Waals surface area contributed by atoms with E-state index < -0.39 is 5.91 Å². The number of carbonyl (C=O) groups is 1. The molecule has 1 aromatic heterocycles. The van der Waals surface area contributed by atoms with Gasteiger partial charge in [0, 0.05) is 11.6 Å². The average Bonchev–Trinajstić information content (AvgIpc) is 3.10. The van der Waals surface area contributed by atoms with Gasteiger partial charge in [0.1, 0.15) is 13.2 Å². The normalized spacial score (nSPS) is 12.4. The fourth-order valence-corrected chi connectivity index (χ4v) is 2.88. The Morgan fingerprint density at radius 3 is 2.74 bits per heavy atom. The lowest BCUT2D eigenvalue weighted by atomic mass is 10.1. The number of hydrogen-bond acceptors (Lipinski definition) is 6. The first kappa shape index (κ1) is 16.6. The zero-order valence-electron chi connectivity index (χ0n) is 14.3. The lowest BCUT2D eigenvalue weighted by molar-refractivity contribution is -0.117. The van der Waals surface area contributed by atoms with Crippen LogP contribution in [0.1, 0.15) is 11.4 Å². The van der Waals surface area contributed by atoms with Crippen molar-refractivity contribution in [3.8, 4) is 34.6 Å². The minimum absolute atomic E-state index is 0.0979. The molecular weight excluding hydrogens is 346 g/mol. The Balaban J connectivity index is 1.88. The van der Waals surface area contributed by atoms with Crippen molar-refractivity contribution in [2.75, 3.05) is 13.2 Å². The van der Waals surface area contributed by atoms with Crippen molar-refractivity contribution in [1.29, 1.82) is 5.26 Å². The topological polar surface area (TPSA) is 116 Å². The van der Waals surface area contributed by atoms with E-state index in [9.17, 15) is 10.1 Å². The number of fused-ring (bicyclic) bond motifs is 1. The Hall–Kier alpha value is -3.86. The minimum atomic E-state index is -0.533. The maximum Gasteiger partial charge on any atom is 0.225 e. The molecule has 4 rings (SSSR count). The van der Waals surface area contributed by atoms with Crippen molar-refractivity contribution in [3.63, 3.8) is 0 Å². The highest BCUT2D eigenvalue weighted by molar-refractivity contribution is 5.76. The first-order valence-electron chi connectivity index (χ1n) is 8.29. The van der Waals surface area contributed by atoms with Crippen LogP contribution in [0.15, 0.2) is 42.5 Å². The Morgan fingerprint density at radius 2 is 1.96 bits per heavy atom. The lowest BCUT2D eigenvalue weighted by Crippen LogP contribution is -2.16. The van der Waals surface area contributed by atoms with E-state index in [1.165, 1.54) is 0 Å². The molecule has 27 heavy (non-hydrogen) atoms. The van der Waals surface area contributed by atoms with Gasteiger partial charge in [-0.25, -0.2) is 9.67 Å². The van der Waals surface area contributed by atoms with Gasteiger partial charge < -0.3 is 15.2 Å². The van der Waals surface area contributed by atoms with Crippen LogP contribution in [0.25, 0.3) is 17.1 Å². The highest BCUT2D eigenvalue weighted by Crippen LogP contribution is 2.33. The van der Waals surface area contributed by atoms with Crippen molar-refractivity contribution in [3.05, 3.63) is 53.9 Å². The first-order valence-corrected chi connectivity index (χ1v) is 8.29. The molecule has 0 radical (unpaired) electrons. The molecule has 2 aromatic carbocycles. The molecule has 1 aliphatic rings. The highest BCUT2D eigenvalue weighted by Gasteiger charge is 2.19. The van der Waals surface area contributed by atoms with E-state index in [1.807, 2.05) is 12.1 Å². The molecule has 0 unspecified atom stereocenters. The molecule has 0 saturated heterocycles. The summed E-state index contributed by atoms with van der Waals surface area (Å²) < 4.78 is 12.8. The number of aromatic nitrogens is 3. The van der Waals surface area contributed by atoms with Gasteiger partial charge in [-0.15, -0.1) is 0 Å². The number of ether oxygens (including phenoxy) is 2. The van der Waals surface area contributed by atoms with E-state index in [2.05, 4.69) is 16.2 Å². The molecule has 2 heterocycles. The van der Waals surface area contributed by atoms with E-state index in [1.54, 1.807) is 35.0 Å². The fourth-order valence-electron chi connectivity index (χ4n) is 2.88. The number of primary amides is 1. The molecule has 8 nitrogen and oxygen atoms in total. The van der Waals surface area contributed by atoms with Gasteiger partial charge in [0.05, 0.1) is 23.7 Å². The number of nitrogens with zero attached hydrogens (tertiary/aromatic N) is 4. The van der Waals surface area contributed by atoms with Crippen molar-refractivity contribution >= 4 is 5.91 Å². The van der Waals surface area contributed by atoms with Gasteiger partial charge in [-0.1, -0.05) is 12.1 Å². The van der Waals surface area contributed by atoms with Crippen LogP contribution in [0.4, 0.5) is 0 Å². The number of hydrogen-bond donors (Lipinski definition) is 1. The third-order valence-corrected chi connectivity index (χ3v) is 4.04. The van der Waals surface area contributed by atoms with Crippen LogP contribution in [-0.2, 0) is 11.2 Å². The second kappa shape index (κ2) is 6.80. The number of benzene rings is 2. The molecule has 1 amide bonds. The molecule has 0 spiro atoms. The van der Waals surface area contributed by atoms with Crippen molar-refractivity contribution in [2.45, 2.75) is 6.42 Å². The summed E-state index contributed by atoms with van der Waals surface area (Å²) in [6.45, 7) is 0.962. The van der Waals surface area contributed by atoms with Gasteiger partial charge in [0.25, 0.3) is 0 Å². The molecule has 2 N–H and O–H groups in total. The van der Waals surface area contributed by atoms with Gasteiger partial charge in [0.2, 0.25) is 5.91 Å². The van der Waals surface area contributed by atoms with Gasteiger partial charge >= 0.3 is 0 Å². The molecular formula is C19H15N5O3. The molecule has 0 bridgehead atoms. The van der Waals surface area contributed by atoms with Crippen LogP contribution in [0.3, 0.4) is 0 Å². The van der Waals surface area contributed by atoms with E-state index in [-0.39, 0.29) is 12.2 Å². The second-order valence-corrected chi connectivity index (χ2v) is 5.89. The van der Waals surface area contributed by atoms with Crippen LogP contribution < -0.4 is 15.2 Å². The van der Waals surface area contributed by atoms with E-state index in [0.29, 0.717) is 47.4 Å². The summed E-state index contributed by atoms with van der Waals surface area (Å²) in [7, 11) is 0. The maximum absolute atomic E-state index is 11.3. The quantitative estimate of drug-likeness (QED) is 0.754. The average molecular weight is 361 g/mol. The smallest absolute Gasteiger partial charge is 0.225 e. The zero-order valence-corrected chi connectivity index (χ0v) is 14.3. The summed E-state index contributed by atoms with van der Waals surface area (Å²) in [5.74, 6) is 1.45. The lowest BCUT2D eigenvalue weighted by Gasteiger charge is -2.19. The third kappa shape index (κ3) is 3.18. The van der Waals surface area contributed by atoms with Gasteiger partial charge in [-0.3, -0.25) is 4.79 Å². The molecule has 134 valence electrons. The number of rotatable bonds is 4. The largest absolute Gasteiger partial charge is 0.486 e. The molecule has 0 saturated carbocycles. The Morgan fingerprint density at radius 1 is 1.19 bits per heavy atom. The Bertz CT molecular complexity index is 1070. The number of carbonyl (C=O) groups excluding carboxylic acids is 1. The highest BCUT2D eigenvalue weighted by atomic mass is 16.6. The standard InChI is InChI=1S/C19H15N5O3/c20-11-12-3-1-2-4-14(12)19-22-18(10-17(21)25)23-24(19)13-5-6-15-16(9-13)27-8-7-26-15/h1-6,9H,7-8,10H2,(H2,21,25). The summed E-state index contributed by atoms with van der Waals surface area (Å²) in [6, 6.07) is 14.6. The van der Waals surface area contributed by atoms with E-state index in [0.717, 1.165) is 0 Å². The molecule has 3 aromatic rings. The summed E-state index contributed by atoms with van der Waals surface area (Å²) in [6.07, 6.45) is -0.0979. The third-order valence-electron chi connectivity index (χ3n) is 4.04. The maximum atomic E-state index is 11.3. The summed E-state index contributed by atoms with van der Waals surface area (Å²) in [5, 5.41) is 13.9. The number of nitrogens with two attached hydrogens (primary N) is 1. The molecule has 8 heteroatoms. The van der Waals surface area contributed by atoms with E-state index >= 15 is 0 Å². The van der Waals surface area contributed by atoms with Crippen molar-refractivity contribution in [2.24, 2.45) is 5.73 Å². The van der Waals surface area contributed by atoms with Crippen LogP contribution in [0.5, 0.6) is 11.5 Å². The van der Waals surface area contributed by atoms with Gasteiger partial charge in [0.15, 0.2) is 23.1 Å². The van der Waals surface area contributed by atoms with E-state index in [4.69, 9.17) is 15.2 Å². The predicted octanol–water partition coefficient (Wildman–Crippen LogP) is 1.60. The fraction of sp³-hybridized carbons (Fsp3) is 0.158. The summed E-state index contributed by atoms with van der Waals surface area (Å²) in [5.41, 5.74) is 7.03. The van der Waals surface area contributed by atoms with Gasteiger partial charge in [-0.2, -0.15) is 10.4 Å². The van der Waals surface area contributed by atoms with Crippen molar-refractivity contribution < 1.29 is 14.3 Å². The minimum Gasteiger partial charge on any atom is -0.486 e. The number of amides is 1. The van der Waals surface area contributed by atoms with Crippen LogP contribution in [-0.4, -0.2) is 33.9 Å². The van der Waals surface area contributed by atoms with Gasteiger partial charge in [-0.05, 0) is 24.3 Å². The SMILES string of the molecule is N#Cc1ccccc1-c1nc(CC(N)=O)nn1-c1ccc2c(c1)OCCO2. The Kier molecular flexibility index (Phi) is 4.18. The summed E-state index contributed by atoms with van der Waals surface area (Å²) in [4.78, 5) is 15.8. The summed E-state index contributed by atoms with van der Waals surface area (Å²) >= 11 is 0. The molecule has 0 fully saturated rings. The van der Waals surface area contributed by atoms with Crippen LogP contribution >= 0.6 is 0 Å². The van der Waals surface area contributed by atoms with Crippen molar-refractivity contribution in [1.82, 2.24) is 14.8 Å².